The van der Waals surface area contributed by atoms with Gasteiger partial charge in [-0.1, -0.05) is 0 Å². The fraction of sp³-hybridized carbons (Fsp3) is 0.455. The van der Waals surface area contributed by atoms with Crippen LogP contribution in [0, 0.1) is 0 Å². The maximum absolute atomic E-state index is 5.89. The molecule has 0 saturated carbocycles. The second kappa shape index (κ2) is 3.89. The molecule has 1 aliphatic rings. The Balaban J connectivity index is 2.08. The van der Waals surface area contributed by atoms with Crippen molar-refractivity contribution in [1.82, 2.24) is 19.6 Å². The van der Waals surface area contributed by atoms with Gasteiger partial charge in [0.25, 0.3) is 0 Å². The lowest BCUT2D eigenvalue weighted by atomic mass is 10.1. The summed E-state index contributed by atoms with van der Waals surface area (Å²) in [6, 6.07) is 1.95. The van der Waals surface area contributed by atoms with Crippen molar-refractivity contribution in [1.29, 1.82) is 0 Å². The summed E-state index contributed by atoms with van der Waals surface area (Å²) < 4.78 is 9.10. The van der Waals surface area contributed by atoms with Crippen LogP contribution in [0.5, 0.6) is 0 Å². The van der Waals surface area contributed by atoms with Crippen LogP contribution in [0.25, 0.3) is 5.82 Å². The summed E-state index contributed by atoms with van der Waals surface area (Å²) in [5.41, 5.74) is 8.01. The Morgan fingerprint density at radius 3 is 3.12 bits per heavy atom. The summed E-state index contributed by atoms with van der Waals surface area (Å²) in [6.45, 7) is 4.17. The third kappa shape index (κ3) is 1.61. The van der Waals surface area contributed by atoms with E-state index in [0.29, 0.717) is 19.0 Å². The van der Waals surface area contributed by atoms with Gasteiger partial charge < -0.3 is 10.5 Å². The van der Waals surface area contributed by atoms with E-state index in [0.717, 1.165) is 30.0 Å². The van der Waals surface area contributed by atoms with Crippen molar-refractivity contribution in [2.24, 2.45) is 0 Å². The minimum absolute atomic E-state index is 0.547. The standard InChI is InChI=1S/C11H15N5O/c1-2-15-5-3-10(13-15)16-9-4-6-17-7-8(9)11(12)14-16/h3,5H,2,4,6-7H2,1H3,(H2,12,14). The van der Waals surface area contributed by atoms with Crippen LogP contribution in [0.15, 0.2) is 12.3 Å². The highest BCUT2D eigenvalue weighted by atomic mass is 16.5. The number of aromatic nitrogens is 4. The largest absolute Gasteiger partial charge is 0.382 e. The molecule has 0 radical (unpaired) electrons. The molecule has 3 rings (SSSR count). The molecule has 0 fully saturated rings. The highest BCUT2D eigenvalue weighted by Crippen LogP contribution is 2.24. The molecule has 0 bridgehead atoms. The maximum atomic E-state index is 5.89. The fourth-order valence-corrected chi connectivity index (χ4v) is 2.09. The van der Waals surface area contributed by atoms with Crippen molar-refractivity contribution in [3.63, 3.8) is 0 Å². The Kier molecular flexibility index (Phi) is 2.36. The molecule has 2 aromatic rings. The van der Waals surface area contributed by atoms with Crippen LogP contribution in [0.2, 0.25) is 0 Å². The first-order valence-electron chi connectivity index (χ1n) is 5.77. The number of nitrogens with zero attached hydrogens (tertiary/aromatic N) is 4. The Bertz CT molecular complexity index is 542. The van der Waals surface area contributed by atoms with Crippen molar-refractivity contribution in [3.05, 3.63) is 23.5 Å². The van der Waals surface area contributed by atoms with Crippen molar-refractivity contribution in [3.8, 4) is 5.82 Å². The molecule has 0 aromatic carbocycles. The number of rotatable bonds is 2. The third-order valence-electron chi connectivity index (χ3n) is 3.02. The van der Waals surface area contributed by atoms with Gasteiger partial charge in [-0.05, 0) is 6.92 Å². The zero-order valence-electron chi connectivity index (χ0n) is 9.76. The van der Waals surface area contributed by atoms with Gasteiger partial charge in [0.05, 0.1) is 18.9 Å². The minimum atomic E-state index is 0.547. The number of nitrogens with two attached hydrogens (primary N) is 1. The molecule has 0 saturated heterocycles. The molecular formula is C11H15N5O. The van der Waals surface area contributed by atoms with E-state index in [1.54, 1.807) is 0 Å². The van der Waals surface area contributed by atoms with E-state index in [2.05, 4.69) is 17.1 Å². The van der Waals surface area contributed by atoms with Crippen molar-refractivity contribution in [2.45, 2.75) is 26.5 Å². The quantitative estimate of drug-likeness (QED) is 0.830. The number of nitrogen functional groups attached to an aromatic ring is 1. The fourth-order valence-electron chi connectivity index (χ4n) is 2.09. The van der Waals surface area contributed by atoms with Crippen molar-refractivity contribution in [2.75, 3.05) is 12.3 Å². The SMILES string of the molecule is CCn1ccc(-n2nc(N)c3c2CCOC3)n1. The predicted molar refractivity (Wildman–Crippen MR) is 62.8 cm³/mol. The van der Waals surface area contributed by atoms with E-state index < -0.39 is 0 Å². The first-order chi connectivity index (χ1) is 8.29. The van der Waals surface area contributed by atoms with Crippen LogP contribution in [0.1, 0.15) is 18.2 Å². The number of hydrogen-bond donors (Lipinski definition) is 1. The van der Waals surface area contributed by atoms with E-state index >= 15 is 0 Å². The van der Waals surface area contributed by atoms with Crippen molar-refractivity contribution >= 4 is 5.82 Å². The van der Waals surface area contributed by atoms with Gasteiger partial charge >= 0.3 is 0 Å². The highest BCUT2D eigenvalue weighted by molar-refractivity contribution is 5.46. The Morgan fingerprint density at radius 2 is 2.35 bits per heavy atom. The number of anilines is 1. The first-order valence-corrected chi connectivity index (χ1v) is 5.77. The summed E-state index contributed by atoms with van der Waals surface area (Å²) in [4.78, 5) is 0. The molecule has 0 unspecified atom stereocenters. The molecule has 0 spiro atoms. The summed E-state index contributed by atoms with van der Waals surface area (Å²) in [7, 11) is 0. The number of aryl methyl sites for hydroxylation is 1. The van der Waals surface area contributed by atoms with Gasteiger partial charge in [0.1, 0.15) is 0 Å². The molecule has 2 aromatic heterocycles. The van der Waals surface area contributed by atoms with Crippen LogP contribution in [0.4, 0.5) is 5.82 Å². The molecule has 17 heavy (non-hydrogen) atoms. The topological polar surface area (TPSA) is 70.9 Å². The molecule has 0 atom stereocenters. The number of hydrogen-bond acceptors (Lipinski definition) is 4. The van der Waals surface area contributed by atoms with Gasteiger partial charge in [-0.2, -0.15) is 5.10 Å². The summed E-state index contributed by atoms with van der Waals surface area (Å²) >= 11 is 0. The molecule has 6 heteroatoms. The second-order valence-corrected chi connectivity index (χ2v) is 4.05. The third-order valence-corrected chi connectivity index (χ3v) is 3.02. The normalized spacial score (nSPS) is 14.9. The van der Waals surface area contributed by atoms with Gasteiger partial charge in [0.2, 0.25) is 0 Å². The first kappa shape index (κ1) is 10.3. The lowest BCUT2D eigenvalue weighted by molar-refractivity contribution is 0.110. The zero-order chi connectivity index (χ0) is 11.8. The van der Waals surface area contributed by atoms with E-state index in [1.807, 2.05) is 21.6 Å². The molecule has 90 valence electrons. The predicted octanol–water partition coefficient (Wildman–Crippen LogP) is 0.744. The second-order valence-electron chi connectivity index (χ2n) is 4.05. The average molecular weight is 233 g/mol. The van der Waals surface area contributed by atoms with Crippen LogP contribution in [-0.2, 0) is 24.3 Å². The molecule has 6 nitrogen and oxygen atoms in total. The van der Waals surface area contributed by atoms with Gasteiger partial charge in [-0.25, -0.2) is 4.68 Å². The van der Waals surface area contributed by atoms with Crippen LogP contribution in [0.3, 0.4) is 0 Å². The minimum Gasteiger partial charge on any atom is -0.382 e. The lowest BCUT2D eigenvalue weighted by Crippen LogP contribution is -2.13. The lowest BCUT2D eigenvalue weighted by Gasteiger charge is -2.13. The molecule has 0 amide bonds. The molecular weight excluding hydrogens is 218 g/mol. The smallest absolute Gasteiger partial charge is 0.175 e. The van der Waals surface area contributed by atoms with Crippen LogP contribution < -0.4 is 5.73 Å². The van der Waals surface area contributed by atoms with Gasteiger partial charge in [0, 0.05) is 30.8 Å². The van der Waals surface area contributed by atoms with Crippen LogP contribution >= 0.6 is 0 Å². The molecule has 3 heterocycles. The zero-order valence-corrected chi connectivity index (χ0v) is 9.76. The monoisotopic (exact) mass is 233 g/mol. The molecule has 1 aliphatic heterocycles. The van der Waals surface area contributed by atoms with Gasteiger partial charge in [0.15, 0.2) is 11.6 Å². The van der Waals surface area contributed by atoms with Crippen molar-refractivity contribution < 1.29 is 4.74 Å². The summed E-state index contributed by atoms with van der Waals surface area (Å²) in [6.07, 6.45) is 2.78. The Morgan fingerprint density at radius 1 is 1.47 bits per heavy atom. The van der Waals surface area contributed by atoms with Gasteiger partial charge in [-0.15, -0.1) is 5.10 Å². The van der Waals surface area contributed by atoms with E-state index in [4.69, 9.17) is 10.5 Å². The highest BCUT2D eigenvalue weighted by Gasteiger charge is 2.21. The van der Waals surface area contributed by atoms with Gasteiger partial charge in [-0.3, -0.25) is 4.68 Å². The number of ether oxygens (including phenoxy) is 1. The molecule has 2 N–H and O–H groups in total. The van der Waals surface area contributed by atoms with Crippen LogP contribution in [-0.4, -0.2) is 26.2 Å². The van der Waals surface area contributed by atoms with E-state index in [9.17, 15) is 0 Å². The Labute approximate surface area is 99.0 Å². The van der Waals surface area contributed by atoms with E-state index in [-0.39, 0.29) is 0 Å². The Hall–Kier alpha value is -1.82. The average Bonchev–Trinajstić information content (AvgIpc) is 2.95. The molecule has 0 aliphatic carbocycles. The number of fused-ring (bicyclic) bond motifs is 1. The maximum Gasteiger partial charge on any atom is 0.175 e. The van der Waals surface area contributed by atoms with E-state index in [1.165, 1.54) is 0 Å². The summed E-state index contributed by atoms with van der Waals surface area (Å²) in [5, 5.41) is 8.79. The summed E-state index contributed by atoms with van der Waals surface area (Å²) in [5.74, 6) is 1.37.